The molecule has 1 aromatic rings. The van der Waals surface area contributed by atoms with E-state index in [0.717, 1.165) is 11.6 Å². The quantitative estimate of drug-likeness (QED) is 0.714. The Morgan fingerprint density at radius 2 is 1.95 bits per heavy atom. The van der Waals surface area contributed by atoms with E-state index in [0.29, 0.717) is 5.69 Å². The lowest BCUT2D eigenvalue weighted by Crippen LogP contribution is -2.40. The van der Waals surface area contributed by atoms with Crippen molar-refractivity contribution in [2.24, 2.45) is 0 Å². The van der Waals surface area contributed by atoms with Crippen molar-refractivity contribution >= 4 is 23.8 Å². The summed E-state index contributed by atoms with van der Waals surface area (Å²) in [4.78, 5) is 23.6. The highest BCUT2D eigenvalue weighted by atomic mass is 16.4. The van der Waals surface area contributed by atoms with Crippen LogP contribution >= 0.6 is 0 Å². The largest absolute Gasteiger partial charge is 0.478 e. The zero-order chi connectivity index (χ0) is 15.1. The summed E-state index contributed by atoms with van der Waals surface area (Å²) in [5, 5.41) is 20.2. The predicted octanol–water partition coefficient (Wildman–Crippen LogP) is 1.63. The summed E-state index contributed by atoms with van der Waals surface area (Å²) >= 11 is 0. The molecule has 20 heavy (non-hydrogen) atoms. The Hall–Kier alpha value is -2.34. The molecule has 1 unspecified atom stereocenters. The molecule has 0 radical (unpaired) electrons. The molecule has 0 saturated heterocycles. The third kappa shape index (κ3) is 4.74. The van der Waals surface area contributed by atoms with Crippen LogP contribution in [0.25, 0.3) is 6.08 Å². The van der Waals surface area contributed by atoms with Gasteiger partial charge in [0.15, 0.2) is 0 Å². The van der Waals surface area contributed by atoms with Crippen LogP contribution in [0.1, 0.15) is 12.5 Å². The van der Waals surface area contributed by atoms with E-state index in [1.165, 1.54) is 11.0 Å². The number of hydrogen-bond donors (Lipinski definition) is 3. The second kappa shape index (κ2) is 7.30. The Kier molecular flexibility index (Phi) is 5.74. The first-order chi connectivity index (χ1) is 9.43. The molecule has 1 rings (SSSR count). The van der Waals surface area contributed by atoms with E-state index < -0.39 is 5.97 Å². The first-order valence-corrected chi connectivity index (χ1v) is 6.09. The van der Waals surface area contributed by atoms with Crippen molar-refractivity contribution in [3.8, 4) is 0 Å². The molecule has 0 saturated carbocycles. The van der Waals surface area contributed by atoms with Crippen LogP contribution in [0, 0.1) is 0 Å². The number of rotatable bonds is 5. The number of amides is 2. The van der Waals surface area contributed by atoms with Gasteiger partial charge < -0.3 is 20.4 Å². The van der Waals surface area contributed by atoms with Gasteiger partial charge in [-0.05, 0) is 30.7 Å². The van der Waals surface area contributed by atoms with Crippen molar-refractivity contribution in [2.45, 2.75) is 13.0 Å². The summed E-state index contributed by atoms with van der Waals surface area (Å²) in [7, 11) is 1.60. The highest BCUT2D eigenvalue weighted by molar-refractivity contribution is 5.89. The summed E-state index contributed by atoms with van der Waals surface area (Å²) in [5.74, 6) is -1.01. The summed E-state index contributed by atoms with van der Waals surface area (Å²) < 4.78 is 0. The highest BCUT2D eigenvalue weighted by Gasteiger charge is 2.14. The molecule has 108 valence electrons. The molecular weight excluding hydrogens is 260 g/mol. The van der Waals surface area contributed by atoms with E-state index in [1.54, 1.807) is 38.2 Å². The number of benzene rings is 1. The van der Waals surface area contributed by atoms with Crippen LogP contribution in [0.15, 0.2) is 30.3 Å². The zero-order valence-corrected chi connectivity index (χ0v) is 11.4. The maximum absolute atomic E-state index is 11.8. The third-order valence-electron chi connectivity index (χ3n) is 2.83. The molecule has 0 bridgehead atoms. The van der Waals surface area contributed by atoms with Gasteiger partial charge in [0.25, 0.3) is 0 Å². The Bertz CT molecular complexity index is 496. The minimum Gasteiger partial charge on any atom is -0.478 e. The summed E-state index contributed by atoms with van der Waals surface area (Å²) in [6.45, 7) is 1.63. The smallest absolute Gasteiger partial charge is 0.328 e. The molecule has 0 aliphatic carbocycles. The molecule has 0 aromatic heterocycles. The van der Waals surface area contributed by atoms with Gasteiger partial charge >= 0.3 is 12.0 Å². The van der Waals surface area contributed by atoms with E-state index in [1.807, 2.05) is 0 Å². The average molecular weight is 278 g/mol. The minimum atomic E-state index is -1.01. The number of carbonyl (C=O) groups excluding carboxylic acids is 1. The van der Waals surface area contributed by atoms with Gasteiger partial charge in [-0.3, -0.25) is 0 Å². The Morgan fingerprint density at radius 3 is 2.45 bits per heavy atom. The van der Waals surface area contributed by atoms with Gasteiger partial charge in [0.1, 0.15) is 0 Å². The molecule has 0 heterocycles. The number of anilines is 1. The second-order valence-corrected chi connectivity index (χ2v) is 4.37. The fourth-order valence-electron chi connectivity index (χ4n) is 1.38. The number of urea groups is 1. The van der Waals surface area contributed by atoms with E-state index in [-0.39, 0.29) is 18.7 Å². The molecule has 6 heteroatoms. The molecule has 6 nitrogen and oxygen atoms in total. The van der Waals surface area contributed by atoms with Gasteiger partial charge in [0, 0.05) is 18.8 Å². The lowest BCUT2D eigenvalue weighted by molar-refractivity contribution is -0.131. The molecule has 3 N–H and O–H groups in total. The van der Waals surface area contributed by atoms with E-state index in [2.05, 4.69) is 5.32 Å². The van der Waals surface area contributed by atoms with Crippen molar-refractivity contribution in [1.82, 2.24) is 4.90 Å². The second-order valence-electron chi connectivity index (χ2n) is 4.37. The van der Waals surface area contributed by atoms with Crippen LogP contribution in [0.4, 0.5) is 10.5 Å². The maximum atomic E-state index is 11.8. The van der Waals surface area contributed by atoms with Crippen LogP contribution in [0.2, 0.25) is 0 Å². The average Bonchev–Trinajstić information content (AvgIpc) is 2.44. The molecule has 1 atom stereocenters. The number of carbonyl (C=O) groups is 2. The van der Waals surface area contributed by atoms with Crippen LogP contribution in [0.5, 0.6) is 0 Å². The van der Waals surface area contributed by atoms with E-state index >= 15 is 0 Å². The number of carboxylic acid groups (broad SMARTS) is 1. The van der Waals surface area contributed by atoms with Crippen LogP contribution < -0.4 is 5.32 Å². The number of nitrogens with zero attached hydrogens (tertiary/aromatic N) is 1. The molecule has 0 fully saturated rings. The summed E-state index contributed by atoms with van der Waals surface area (Å²) in [6, 6.07) is 6.16. The number of hydrogen-bond acceptors (Lipinski definition) is 3. The minimum absolute atomic E-state index is 0.108. The molecular formula is C14H18N2O4. The van der Waals surface area contributed by atoms with Crippen LogP contribution in [-0.4, -0.2) is 46.8 Å². The van der Waals surface area contributed by atoms with Gasteiger partial charge in [-0.2, -0.15) is 0 Å². The highest BCUT2D eigenvalue weighted by Crippen LogP contribution is 2.12. The van der Waals surface area contributed by atoms with Crippen LogP contribution in [-0.2, 0) is 4.79 Å². The number of nitrogens with one attached hydrogen (secondary N) is 1. The topological polar surface area (TPSA) is 89.9 Å². The molecule has 0 spiro atoms. The Morgan fingerprint density at radius 1 is 1.35 bits per heavy atom. The summed E-state index contributed by atoms with van der Waals surface area (Å²) in [6.07, 6.45) is 2.51. The first-order valence-electron chi connectivity index (χ1n) is 6.09. The molecule has 2 amide bonds. The fraction of sp³-hybridized carbons (Fsp3) is 0.286. The molecule has 0 aliphatic heterocycles. The number of likely N-dealkylation sites (N-methyl/N-ethyl adjacent to an activating group) is 1. The monoisotopic (exact) mass is 278 g/mol. The normalized spacial score (nSPS) is 12.2. The van der Waals surface area contributed by atoms with E-state index in [9.17, 15) is 9.59 Å². The SMILES string of the molecule is CC(CO)N(C)C(=O)Nc1ccc(/C=C/C(=O)O)cc1. The number of aliphatic hydroxyl groups excluding tert-OH is 1. The third-order valence-corrected chi connectivity index (χ3v) is 2.83. The van der Waals surface area contributed by atoms with Crippen molar-refractivity contribution in [3.05, 3.63) is 35.9 Å². The lowest BCUT2D eigenvalue weighted by atomic mass is 10.2. The van der Waals surface area contributed by atoms with Gasteiger partial charge in [0.05, 0.1) is 12.6 Å². The van der Waals surface area contributed by atoms with Gasteiger partial charge in [0.2, 0.25) is 0 Å². The Labute approximate surface area is 117 Å². The van der Waals surface area contributed by atoms with Gasteiger partial charge in [-0.15, -0.1) is 0 Å². The number of aliphatic hydroxyl groups is 1. The van der Waals surface area contributed by atoms with Crippen molar-refractivity contribution in [3.63, 3.8) is 0 Å². The first kappa shape index (κ1) is 15.7. The van der Waals surface area contributed by atoms with Gasteiger partial charge in [-0.1, -0.05) is 12.1 Å². The van der Waals surface area contributed by atoms with Crippen molar-refractivity contribution in [1.29, 1.82) is 0 Å². The van der Waals surface area contributed by atoms with Gasteiger partial charge in [-0.25, -0.2) is 9.59 Å². The van der Waals surface area contributed by atoms with Crippen LogP contribution in [0.3, 0.4) is 0 Å². The predicted molar refractivity (Wildman–Crippen MR) is 76.4 cm³/mol. The van der Waals surface area contributed by atoms with E-state index in [4.69, 9.17) is 10.2 Å². The molecule has 1 aromatic carbocycles. The standard InChI is InChI=1S/C14H18N2O4/c1-10(9-17)16(2)14(20)15-12-6-3-11(4-7-12)5-8-13(18)19/h3-8,10,17H,9H2,1-2H3,(H,15,20)(H,18,19)/b8-5+. The number of carboxylic acids is 1. The lowest BCUT2D eigenvalue weighted by Gasteiger charge is -2.23. The zero-order valence-electron chi connectivity index (χ0n) is 11.4. The Balaban J connectivity index is 2.66. The molecule has 0 aliphatic rings. The fourth-order valence-corrected chi connectivity index (χ4v) is 1.38. The van der Waals surface area contributed by atoms with Crippen molar-refractivity contribution in [2.75, 3.05) is 19.0 Å². The maximum Gasteiger partial charge on any atom is 0.328 e. The number of aliphatic carboxylic acids is 1. The van der Waals surface area contributed by atoms with Crippen molar-refractivity contribution < 1.29 is 19.8 Å². The summed E-state index contributed by atoms with van der Waals surface area (Å²) in [5.41, 5.74) is 1.32.